The van der Waals surface area contributed by atoms with E-state index >= 15 is 0 Å². The van der Waals surface area contributed by atoms with E-state index < -0.39 is 11.4 Å². The third-order valence-electron chi connectivity index (χ3n) is 6.18. The summed E-state index contributed by atoms with van der Waals surface area (Å²) in [6, 6.07) is 15.1. The number of carboxylic acid groups (broad SMARTS) is 1. The van der Waals surface area contributed by atoms with Gasteiger partial charge in [0.05, 0.1) is 5.41 Å². The summed E-state index contributed by atoms with van der Waals surface area (Å²) < 4.78 is 0. The van der Waals surface area contributed by atoms with E-state index in [1.165, 1.54) is 16.3 Å². The van der Waals surface area contributed by atoms with E-state index in [1.807, 2.05) is 4.90 Å². The average Bonchev–Trinajstić information content (AvgIpc) is 3.19. The number of benzene rings is 2. The first kappa shape index (κ1) is 21.3. The van der Waals surface area contributed by atoms with E-state index in [0.717, 1.165) is 26.1 Å². The average molecular weight is 397 g/mol. The van der Waals surface area contributed by atoms with E-state index in [9.17, 15) is 14.7 Å². The van der Waals surface area contributed by atoms with E-state index in [4.69, 9.17) is 0 Å². The predicted molar refractivity (Wildman–Crippen MR) is 116 cm³/mol. The van der Waals surface area contributed by atoms with E-state index in [0.29, 0.717) is 18.8 Å². The molecule has 0 bridgehead atoms. The lowest BCUT2D eigenvalue weighted by atomic mass is 9.88. The molecule has 0 aliphatic carbocycles. The van der Waals surface area contributed by atoms with Crippen LogP contribution in [0.5, 0.6) is 0 Å². The topological polar surface area (TPSA) is 69.6 Å². The van der Waals surface area contributed by atoms with Crippen molar-refractivity contribution >= 4 is 22.6 Å². The first-order valence-corrected chi connectivity index (χ1v) is 10.5. The van der Waals surface area contributed by atoms with E-state index in [2.05, 4.69) is 54.7 Å². The van der Waals surface area contributed by atoms with Gasteiger partial charge in [0, 0.05) is 32.1 Å². The number of nitrogens with one attached hydrogen (secondary N) is 1. The maximum atomic E-state index is 12.5. The molecule has 5 heteroatoms. The molecule has 29 heavy (non-hydrogen) atoms. The molecule has 5 nitrogen and oxygen atoms in total. The van der Waals surface area contributed by atoms with Crippen molar-refractivity contribution in [1.82, 2.24) is 10.2 Å². The molecule has 0 saturated carbocycles. The van der Waals surface area contributed by atoms with Gasteiger partial charge in [-0.2, -0.15) is 0 Å². The molecule has 1 unspecified atom stereocenters. The summed E-state index contributed by atoms with van der Waals surface area (Å²) in [6.45, 7) is 7.92. The molecule has 0 aromatic heterocycles. The second-order valence-electron chi connectivity index (χ2n) is 8.88. The van der Waals surface area contributed by atoms with Crippen LogP contribution in [-0.4, -0.2) is 41.5 Å². The van der Waals surface area contributed by atoms with Gasteiger partial charge in [-0.3, -0.25) is 9.59 Å². The minimum Gasteiger partial charge on any atom is -0.481 e. The molecule has 2 aromatic carbocycles. The Morgan fingerprint density at radius 1 is 1.21 bits per heavy atom. The third kappa shape index (κ3) is 5.15. The molecular weight excluding hydrogens is 364 g/mol. The Morgan fingerprint density at radius 2 is 1.93 bits per heavy atom. The number of aliphatic carboxylic acids is 1. The predicted octanol–water partition coefficient (Wildman–Crippen LogP) is 4.23. The highest BCUT2D eigenvalue weighted by Crippen LogP contribution is 2.26. The summed E-state index contributed by atoms with van der Waals surface area (Å²) in [5.41, 5.74) is 0.439. The van der Waals surface area contributed by atoms with Crippen molar-refractivity contribution in [3.05, 3.63) is 48.0 Å². The van der Waals surface area contributed by atoms with Gasteiger partial charge in [0.1, 0.15) is 0 Å². The number of likely N-dealkylation sites (tertiary alicyclic amines) is 1. The van der Waals surface area contributed by atoms with Crippen molar-refractivity contribution in [1.29, 1.82) is 0 Å². The van der Waals surface area contributed by atoms with Gasteiger partial charge in [-0.25, -0.2) is 0 Å². The van der Waals surface area contributed by atoms with Gasteiger partial charge in [0.2, 0.25) is 5.91 Å². The molecule has 1 heterocycles. The number of amides is 1. The van der Waals surface area contributed by atoms with Gasteiger partial charge in [0.25, 0.3) is 0 Å². The SMILES string of the molecule is CC(NC[C@@H]1CCN(C(=O)CCC(C)(C)C(=O)O)C1)c1cccc2ccccc12. The fourth-order valence-corrected chi connectivity index (χ4v) is 3.99. The zero-order valence-electron chi connectivity index (χ0n) is 17.6. The first-order chi connectivity index (χ1) is 13.8. The molecule has 1 fully saturated rings. The number of carboxylic acids is 1. The highest BCUT2D eigenvalue weighted by molar-refractivity contribution is 5.86. The molecule has 1 aliphatic rings. The molecular formula is C24H32N2O3. The van der Waals surface area contributed by atoms with Crippen LogP contribution < -0.4 is 5.32 Å². The summed E-state index contributed by atoms with van der Waals surface area (Å²) in [5, 5.41) is 15.4. The van der Waals surface area contributed by atoms with Crippen LogP contribution in [0.4, 0.5) is 0 Å². The number of hydrogen-bond acceptors (Lipinski definition) is 3. The van der Waals surface area contributed by atoms with Crippen LogP contribution in [0.15, 0.2) is 42.5 Å². The first-order valence-electron chi connectivity index (χ1n) is 10.5. The van der Waals surface area contributed by atoms with Crippen LogP contribution in [0.25, 0.3) is 10.8 Å². The summed E-state index contributed by atoms with van der Waals surface area (Å²) in [7, 11) is 0. The van der Waals surface area contributed by atoms with Crippen molar-refractivity contribution in [3.8, 4) is 0 Å². The minimum atomic E-state index is -0.857. The summed E-state index contributed by atoms with van der Waals surface area (Å²) in [6.07, 6.45) is 1.66. The largest absolute Gasteiger partial charge is 0.481 e. The summed E-state index contributed by atoms with van der Waals surface area (Å²) in [5.74, 6) is -0.344. The third-order valence-corrected chi connectivity index (χ3v) is 6.18. The standard InChI is InChI=1S/C24H32N2O3/c1-17(20-10-6-8-19-7-4-5-9-21(19)20)25-15-18-12-14-26(16-18)22(27)11-13-24(2,3)23(28)29/h4-10,17-18,25H,11-16H2,1-3H3,(H,28,29)/t17?,18-/m0/s1. The number of fused-ring (bicyclic) bond motifs is 1. The molecule has 3 rings (SSSR count). The van der Waals surface area contributed by atoms with E-state index in [-0.39, 0.29) is 11.9 Å². The molecule has 2 atom stereocenters. The lowest BCUT2D eigenvalue weighted by Gasteiger charge is -2.22. The molecule has 0 radical (unpaired) electrons. The Labute approximate surface area is 173 Å². The Bertz CT molecular complexity index is 872. The van der Waals surface area contributed by atoms with Crippen molar-refractivity contribution in [2.24, 2.45) is 11.3 Å². The molecule has 1 saturated heterocycles. The fraction of sp³-hybridized carbons (Fsp3) is 0.500. The molecule has 2 N–H and O–H groups in total. The molecule has 2 aromatic rings. The maximum absolute atomic E-state index is 12.5. The van der Waals surface area contributed by atoms with Crippen LogP contribution in [-0.2, 0) is 9.59 Å². The van der Waals surface area contributed by atoms with Crippen molar-refractivity contribution < 1.29 is 14.7 Å². The molecule has 1 amide bonds. The zero-order chi connectivity index (χ0) is 21.0. The van der Waals surface area contributed by atoms with Crippen LogP contribution in [0.1, 0.15) is 51.6 Å². The van der Waals surface area contributed by atoms with Gasteiger partial charge in [-0.1, -0.05) is 42.5 Å². The van der Waals surface area contributed by atoms with Gasteiger partial charge in [-0.15, -0.1) is 0 Å². The second-order valence-corrected chi connectivity index (χ2v) is 8.88. The normalized spacial score (nSPS) is 18.2. The van der Waals surface area contributed by atoms with Gasteiger partial charge < -0.3 is 15.3 Å². The number of hydrogen-bond donors (Lipinski definition) is 2. The lowest BCUT2D eigenvalue weighted by molar-refractivity contribution is -0.147. The quantitative estimate of drug-likeness (QED) is 0.701. The minimum absolute atomic E-state index is 0.0731. The van der Waals surface area contributed by atoms with Crippen molar-refractivity contribution in [3.63, 3.8) is 0 Å². The Balaban J connectivity index is 1.50. The van der Waals surface area contributed by atoms with Crippen LogP contribution in [0.2, 0.25) is 0 Å². The van der Waals surface area contributed by atoms with Crippen molar-refractivity contribution in [2.75, 3.05) is 19.6 Å². The van der Waals surface area contributed by atoms with Crippen LogP contribution >= 0.6 is 0 Å². The van der Waals surface area contributed by atoms with E-state index in [1.54, 1.807) is 13.8 Å². The Hall–Kier alpha value is -2.40. The highest BCUT2D eigenvalue weighted by atomic mass is 16.4. The molecule has 0 spiro atoms. The van der Waals surface area contributed by atoms with Crippen molar-refractivity contribution in [2.45, 2.75) is 46.1 Å². The molecule has 1 aliphatic heterocycles. The maximum Gasteiger partial charge on any atom is 0.309 e. The van der Waals surface area contributed by atoms with Crippen LogP contribution in [0.3, 0.4) is 0 Å². The molecule has 156 valence electrons. The Morgan fingerprint density at radius 3 is 2.69 bits per heavy atom. The van der Waals surface area contributed by atoms with Gasteiger partial charge in [-0.05, 0) is 55.9 Å². The zero-order valence-corrected chi connectivity index (χ0v) is 17.6. The van der Waals surface area contributed by atoms with Gasteiger partial charge in [0.15, 0.2) is 0 Å². The highest BCUT2D eigenvalue weighted by Gasteiger charge is 2.31. The number of rotatable bonds is 8. The lowest BCUT2D eigenvalue weighted by Crippen LogP contribution is -2.33. The monoisotopic (exact) mass is 396 g/mol. The number of carbonyl (C=O) groups excluding carboxylic acids is 1. The number of carbonyl (C=O) groups is 2. The van der Waals surface area contributed by atoms with Crippen LogP contribution in [0, 0.1) is 11.3 Å². The fourth-order valence-electron chi connectivity index (χ4n) is 3.99. The summed E-state index contributed by atoms with van der Waals surface area (Å²) >= 11 is 0. The smallest absolute Gasteiger partial charge is 0.309 e. The number of nitrogens with zero attached hydrogens (tertiary/aromatic N) is 1. The Kier molecular flexibility index (Phi) is 6.58. The van der Waals surface area contributed by atoms with Gasteiger partial charge >= 0.3 is 5.97 Å². The second kappa shape index (κ2) is 8.95. The summed E-state index contributed by atoms with van der Waals surface area (Å²) in [4.78, 5) is 25.6.